The summed E-state index contributed by atoms with van der Waals surface area (Å²) in [4.78, 5) is 0. The summed E-state index contributed by atoms with van der Waals surface area (Å²) in [5, 5.41) is 0. The molecule has 0 saturated carbocycles. The van der Waals surface area contributed by atoms with Crippen molar-refractivity contribution in [3.8, 4) is 5.75 Å². The first kappa shape index (κ1) is 16.8. The number of hydrogen-bond donors (Lipinski definition) is 1. The minimum absolute atomic E-state index is 0.0422. The van der Waals surface area contributed by atoms with Gasteiger partial charge in [0.2, 0.25) is 0 Å². The van der Waals surface area contributed by atoms with E-state index in [0.717, 1.165) is 11.3 Å². The lowest BCUT2D eigenvalue weighted by atomic mass is 10.1. The summed E-state index contributed by atoms with van der Waals surface area (Å²) >= 11 is 0. The van der Waals surface area contributed by atoms with Gasteiger partial charge in [-0.2, -0.15) is 13.2 Å². The van der Waals surface area contributed by atoms with E-state index in [1.807, 2.05) is 31.2 Å². The monoisotopic (exact) mass is 291 g/mol. The molecule has 20 heavy (non-hydrogen) atoms. The number of nitrogens with two attached hydrogens (primary N) is 1. The zero-order valence-corrected chi connectivity index (χ0v) is 11.5. The summed E-state index contributed by atoms with van der Waals surface area (Å²) in [5.74, 6) is 0.759. The van der Waals surface area contributed by atoms with Crippen molar-refractivity contribution < 1.29 is 22.6 Å². The van der Waals surface area contributed by atoms with Gasteiger partial charge >= 0.3 is 6.18 Å². The molecule has 0 amide bonds. The molecule has 2 N–H and O–H groups in total. The van der Waals surface area contributed by atoms with E-state index >= 15 is 0 Å². The van der Waals surface area contributed by atoms with Gasteiger partial charge in [0.1, 0.15) is 5.75 Å². The second kappa shape index (κ2) is 8.11. The Hall–Kier alpha value is -1.27. The molecule has 3 nitrogen and oxygen atoms in total. The van der Waals surface area contributed by atoms with Gasteiger partial charge in [-0.25, -0.2) is 0 Å². The molecule has 1 atom stereocenters. The van der Waals surface area contributed by atoms with E-state index in [9.17, 15) is 13.2 Å². The topological polar surface area (TPSA) is 44.5 Å². The first-order valence-electron chi connectivity index (χ1n) is 6.55. The van der Waals surface area contributed by atoms with Crippen LogP contribution in [0.1, 0.15) is 31.4 Å². The summed E-state index contributed by atoms with van der Waals surface area (Å²) in [6.07, 6.45) is -4.99. The van der Waals surface area contributed by atoms with Crippen LogP contribution in [0.25, 0.3) is 0 Å². The van der Waals surface area contributed by atoms with Gasteiger partial charge < -0.3 is 15.2 Å². The Labute approximate surface area is 116 Å². The molecular formula is C14H20F3NO2. The van der Waals surface area contributed by atoms with Crippen molar-refractivity contribution in [3.05, 3.63) is 29.8 Å². The Morgan fingerprint density at radius 3 is 2.40 bits per heavy atom. The van der Waals surface area contributed by atoms with Gasteiger partial charge in [0, 0.05) is 13.0 Å². The molecule has 0 aliphatic carbocycles. The lowest BCUT2D eigenvalue weighted by Crippen LogP contribution is -2.18. The highest BCUT2D eigenvalue weighted by Gasteiger charge is 2.25. The maximum atomic E-state index is 11.9. The van der Waals surface area contributed by atoms with Gasteiger partial charge in [0.15, 0.2) is 0 Å². The second-order valence-electron chi connectivity index (χ2n) is 4.40. The summed E-state index contributed by atoms with van der Waals surface area (Å²) in [5.41, 5.74) is 6.76. The lowest BCUT2D eigenvalue weighted by molar-refractivity contribution is -0.137. The number of benzene rings is 1. The zero-order valence-electron chi connectivity index (χ0n) is 11.5. The largest absolute Gasteiger partial charge is 0.494 e. The summed E-state index contributed by atoms with van der Waals surface area (Å²) in [6.45, 7) is 2.75. The average Bonchev–Trinajstić information content (AvgIpc) is 2.38. The van der Waals surface area contributed by atoms with Crippen molar-refractivity contribution in [2.75, 3.05) is 19.8 Å². The van der Waals surface area contributed by atoms with Crippen LogP contribution in [0, 0.1) is 0 Å². The Kier molecular flexibility index (Phi) is 6.81. The van der Waals surface area contributed by atoms with Crippen molar-refractivity contribution in [1.29, 1.82) is 0 Å². The molecule has 0 aromatic heterocycles. The third-order valence-corrected chi connectivity index (χ3v) is 2.67. The van der Waals surface area contributed by atoms with E-state index in [0.29, 0.717) is 6.61 Å². The van der Waals surface area contributed by atoms with Gasteiger partial charge in [0.25, 0.3) is 0 Å². The van der Waals surface area contributed by atoms with E-state index in [1.165, 1.54) is 0 Å². The minimum Gasteiger partial charge on any atom is -0.494 e. The standard InChI is InChI=1S/C14H20F3NO2/c1-2-20-12-6-4-11(5-7-12)13(18)10-19-9-3-8-14(15,16)17/h4-7,13H,2-3,8-10,18H2,1H3. The van der Waals surface area contributed by atoms with E-state index in [1.54, 1.807) is 0 Å². The van der Waals surface area contributed by atoms with Crippen molar-refractivity contribution in [2.45, 2.75) is 32.0 Å². The Bertz CT molecular complexity index is 379. The van der Waals surface area contributed by atoms with Gasteiger partial charge in [-0.15, -0.1) is 0 Å². The molecule has 1 aromatic rings. The Morgan fingerprint density at radius 2 is 1.85 bits per heavy atom. The molecule has 0 spiro atoms. The summed E-state index contributed by atoms with van der Waals surface area (Å²) in [6, 6.07) is 6.92. The van der Waals surface area contributed by atoms with Crippen LogP contribution in [0.2, 0.25) is 0 Å². The molecule has 114 valence electrons. The van der Waals surface area contributed by atoms with Gasteiger partial charge in [-0.05, 0) is 31.0 Å². The number of ether oxygens (including phenoxy) is 2. The van der Waals surface area contributed by atoms with Crippen LogP contribution < -0.4 is 10.5 Å². The molecule has 0 radical (unpaired) electrons. The van der Waals surface area contributed by atoms with Gasteiger partial charge in [0.05, 0.1) is 19.3 Å². The second-order valence-corrected chi connectivity index (χ2v) is 4.40. The maximum Gasteiger partial charge on any atom is 0.389 e. The smallest absolute Gasteiger partial charge is 0.389 e. The first-order valence-corrected chi connectivity index (χ1v) is 6.55. The average molecular weight is 291 g/mol. The van der Waals surface area contributed by atoms with Crippen LogP contribution in [-0.4, -0.2) is 26.0 Å². The molecule has 0 aliphatic rings. The fourth-order valence-electron chi connectivity index (χ4n) is 1.66. The van der Waals surface area contributed by atoms with Crippen molar-refractivity contribution in [1.82, 2.24) is 0 Å². The van der Waals surface area contributed by atoms with Gasteiger partial charge in [-0.1, -0.05) is 12.1 Å². The number of halogens is 3. The molecule has 1 aromatic carbocycles. The molecule has 0 fully saturated rings. The molecule has 0 heterocycles. The van der Waals surface area contributed by atoms with Crippen LogP contribution in [0.15, 0.2) is 24.3 Å². The van der Waals surface area contributed by atoms with Gasteiger partial charge in [-0.3, -0.25) is 0 Å². The third-order valence-electron chi connectivity index (χ3n) is 2.67. The third kappa shape index (κ3) is 6.77. The fraction of sp³-hybridized carbons (Fsp3) is 0.571. The normalized spacial score (nSPS) is 13.2. The van der Waals surface area contributed by atoms with Crippen molar-refractivity contribution in [3.63, 3.8) is 0 Å². The Morgan fingerprint density at radius 1 is 1.20 bits per heavy atom. The highest BCUT2D eigenvalue weighted by molar-refractivity contribution is 5.29. The van der Waals surface area contributed by atoms with E-state index < -0.39 is 12.6 Å². The van der Waals surface area contributed by atoms with Crippen LogP contribution >= 0.6 is 0 Å². The predicted molar refractivity (Wildman–Crippen MR) is 70.6 cm³/mol. The van der Waals surface area contributed by atoms with Crippen molar-refractivity contribution >= 4 is 0 Å². The molecule has 0 saturated heterocycles. The van der Waals surface area contributed by atoms with Crippen LogP contribution in [0.4, 0.5) is 13.2 Å². The zero-order chi connectivity index (χ0) is 15.0. The Balaban J connectivity index is 2.26. The molecule has 0 aliphatic heterocycles. The van der Waals surface area contributed by atoms with E-state index in [2.05, 4.69) is 0 Å². The molecular weight excluding hydrogens is 271 g/mol. The fourth-order valence-corrected chi connectivity index (χ4v) is 1.66. The molecule has 0 bridgehead atoms. The molecule has 1 unspecified atom stereocenters. The maximum absolute atomic E-state index is 11.9. The summed E-state index contributed by atoms with van der Waals surface area (Å²) < 4.78 is 46.2. The number of hydrogen-bond acceptors (Lipinski definition) is 3. The highest BCUT2D eigenvalue weighted by atomic mass is 19.4. The summed E-state index contributed by atoms with van der Waals surface area (Å²) in [7, 11) is 0. The quantitative estimate of drug-likeness (QED) is 0.746. The minimum atomic E-state index is -4.12. The van der Waals surface area contributed by atoms with Crippen LogP contribution in [0.5, 0.6) is 5.75 Å². The first-order chi connectivity index (χ1) is 9.42. The molecule has 1 rings (SSSR count). The molecule has 6 heteroatoms. The van der Waals surface area contributed by atoms with Crippen molar-refractivity contribution in [2.24, 2.45) is 5.73 Å². The van der Waals surface area contributed by atoms with Crippen LogP contribution in [-0.2, 0) is 4.74 Å². The van der Waals surface area contributed by atoms with E-state index in [4.69, 9.17) is 15.2 Å². The number of rotatable bonds is 8. The van der Waals surface area contributed by atoms with E-state index in [-0.39, 0.29) is 25.7 Å². The number of alkyl halides is 3. The predicted octanol–water partition coefficient (Wildman–Crippen LogP) is 3.44. The van der Waals surface area contributed by atoms with Crippen LogP contribution in [0.3, 0.4) is 0 Å². The lowest BCUT2D eigenvalue weighted by Gasteiger charge is -2.13. The highest BCUT2D eigenvalue weighted by Crippen LogP contribution is 2.21. The SMILES string of the molecule is CCOc1ccc(C(N)COCCCC(F)(F)F)cc1.